The highest BCUT2D eigenvalue weighted by molar-refractivity contribution is 9.10. The van der Waals surface area contributed by atoms with Crippen LogP contribution >= 0.6 is 15.9 Å². The van der Waals surface area contributed by atoms with Gasteiger partial charge in [-0.1, -0.05) is 0 Å². The van der Waals surface area contributed by atoms with Crippen LogP contribution in [0, 0.1) is 12.7 Å². The average molecular weight is 260 g/mol. The number of anilines is 1. The summed E-state index contributed by atoms with van der Waals surface area (Å²) < 4.78 is 18.8. The molecule has 0 aliphatic carbocycles. The van der Waals surface area contributed by atoms with E-state index in [4.69, 9.17) is 4.74 Å². The Hall–Kier alpha value is -0.610. The summed E-state index contributed by atoms with van der Waals surface area (Å²) in [7, 11) is 0. The summed E-state index contributed by atoms with van der Waals surface area (Å²) in [6, 6.07) is 3.61. The second-order valence-corrected chi connectivity index (χ2v) is 4.31. The van der Waals surface area contributed by atoms with Crippen LogP contribution in [0.1, 0.15) is 5.56 Å². The van der Waals surface area contributed by atoms with Crippen molar-refractivity contribution in [3.63, 3.8) is 0 Å². The summed E-state index contributed by atoms with van der Waals surface area (Å²) >= 11 is 3.15. The first-order chi connectivity index (χ1) is 6.66. The third kappa shape index (κ3) is 1.91. The normalized spacial score (nSPS) is 16.5. The van der Waals surface area contributed by atoms with Gasteiger partial charge >= 0.3 is 0 Å². The monoisotopic (exact) mass is 259 g/mol. The summed E-state index contributed by atoms with van der Waals surface area (Å²) in [5, 5.41) is 3.23. The first-order valence-corrected chi connectivity index (χ1v) is 5.26. The Morgan fingerprint density at radius 3 is 2.79 bits per heavy atom. The van der Waals surface area contributed by atoms with Crippen LogP contribution in [0.4, 0.5) is 10.1 Å². The Kier molecular flexibility index (Phi) is 2.74. The minimum absolute atomic E-state index is 0.238. The van der Waals surface area contributed by atoms with E-state index in [0.717, 1.165) is 11.3 Å². The highest BCUT2D eigenvalue weighted by Crippen LogP contribution is 2.25. The average Bonchev–Trinajstić information content (AvgIpc) is 2.06. The van der Waals surface area contributed by atoms with Crippen LogP contribution in [0.25, 0.3) is 0 Å². The van der Waals surface area contributed by atoms with Gasteiger partial charge in [0, 0.05) is 5.69 Å². The number of nitrogens with one attached hydrogen (secondary N) is 1. The lowest BCUT2D eigenvalue weighted by atomic mass is 10.1. The molecule has 76 valence electrons. The summed E-state index contributed by atoms with van der Waals surface area (Å²) in [5.41, 5.74) is 1.88. The van der Waals surface area contributed by atoms with Gasteiger partial charge in [-0.3, -0.25) is 0 Å². The predicted octanol–water partition coefficient (Wildman–Crippen LogP) is 2.71. The van der Waals surface area contributed by atoms with Gasteiger partial charge in [0.1, 0.15) is 5.82 Å². The largest absolute Gasteiger partial charge is 0.377 e. The van der Waals surface area contributed by atoms with Crippen molar-refractivity contribution in [3.05, 3.63) is 28.0 Å². The molecule has 1 fully saturated rings. The zero-order valence-corrected chi connectivity index (χ0v) is 9.40. The molecular weight excluding hydrogens is 249 g/mol. The van der Waals surface area contributed by atoms with Gasteiger partial charge in [-0.15, -0.1) is 0 Å². The van der Waals surface area contributed by atoms with Crippen molar-refractivity contribution in [1.29, 1.82) is 0 Å². The summed E-state index contributed by atoms with van der Waals surface area (Å²) in [6.07, 6.45) is 0. The number of halogens is 2. The van der Waals surface area contributed by atoms with Gasteiger partial charge < -0.3 is 10.1 Å². The highest BCUT2D eigenvalue weighted by Gasteiger charge is 2.18. The molecule has 0 saturated carbocycles. The maximum Gasteiger partial charge on any atom is 0.139 e. The van der Waals surface area contributed by atoms with E-state index >= 15 is 0 Å². The predicted molar refractivity (Wildman–Crippen MR) is 57.1 cm³/mol. The van der Waals surface area contributed by atoms with E-state index in [0.29, 0.717) is 23.7 Å². The highest BCUT2D eigenvalue weighted by atomic mass is 79.9. The van der Waals surface area contributed by atoms with E-state index in [1.165, 1.54) is 6.07 Å². The molecule has 1 saturated heterocycles. The molecule has 4 heteroatoms. The molecule has 0 aromatic heterocycles. The Bertz CT molecular complexity index is 352. The van der Waals surface area contributed by atoms with Gasteiger partial charge in [0.2, 0.25) is 0 Å². The molecule has 0 bridgehead atoms. The summed E-state index contributed by atoms with van der Waals surface area (Å²) in [5.74, 6) is -0.238. The van der Waals surface area contributed by atoms with Crippen molar-refractivity contribution in [3.8, 4) is 0 Å². The zero-order valence-electron chi connectivity index (χ0n) is 7.81. The molecule has 0 unspecified atom stereocenters. The van der Waals surface area contributed by atoms with E-state index in [-0.39, 0.29) is 5.82 Å². The number of benzene rings is 1. The topological polar surface area (TPSA) is 21.3 Å². The van der Waals surface area contributed by atoms with Gasteiger partial charge in [-0.25, -0.2) is 4.39 Å². The van der Waals surface area contributed by atoms with Crippen LogP contribution < -0.4 is 5.32 Å². The van der Waals surface area contributed by atoms with E-state index in [1.807, 2.05) is 6.92 Å². The van der Waals surface area contributed by atoms with Crippen molar-refractivity contribution in [2.45, 2.75) is 13.0 Å². The van der Waals surface area contributed by atoms with Gasteiger partial charge in [0.15, 0.2) is 0 Å². The van der Waals surface area contributed by atoms with Gasteiger partial charge in [0.25, 0.3) is 0 Å². The molecule has 0 atom stereocenters. The lowest BCUT2D eigenvalue weighted by Gasteiger charge is -2.28. The smallest absolute Gasteiger partial charge is 0.139 e. The van der Waals surface area contributed by atoms with E-state index in [9.17, 15) is 4.39 Å². The van der Waals surface area contributed by atoms with Crippen LogP contribution in [0.5, 0.6) is 0 Å². The fraction of sp³-hybridized carbons (Fsp3) is 0.400. The third-order valence-electron chi connectivity index (χ3n) is 2.26. The number of hydrogen-bond acceptors (Lipinski definition) is 2. The van der Waals surface area contributed by atoms with Crippen molar-refractivity contribution in [2.75, 3.05) is 18.5 Å². The van der Waals surface area contributed by atoms with Gasteiger partial charge in [-0.05, 0) is 40.5 Å². The molecule has 1 aliphatic rings. The molecule has 2 rings (SSSR count). The van der Waals surface area contributed by atoms with E-state index in [1.54, 1.807) is 6.07 Å². The third-order valence-corrected chi connectivity index (χ3v) is 2.87. The van der Waals surface area contributed by atoms with Gasteiger partial charge in [0.05, 0.1) is 23.7 Å². The number of rotatable bonds is 2. The minimum atomic E-state index is -0.238. The quantitative estimate of drug-likeness (QED) is 0.882. The second-order valence-electron chi connectivity index (χ2n) is 3.46. The maximum atomic E-state index is 13.2. The van der Waals surface area contributed by atoms with Crippen molar-refractivity contribution >= 4 is 21.6 Å². The molecule has 0 amide bonds. The molecule has 2 nitrogen and oxygen atoms in total. The molecule has 1 aliphatic heterocycles. The Morgan fingerprint density at radius 1 is 1.50 bits per heavy atom. The molecule has 1 aromatic carbocycles. The minimum Gasteiger partial charge on any atom is -0.377 e. The lowest BCUT2D eigenvalue weighted by Crippen LogP contribution is -2.40. The molecular formula is C10H11BrFNO. The second kappa shape index (κ2) is 3.87. The summed E-state index contributed by atoms with van der Waals surface area (Å²) in [6.45, 7) is 3.36. The van der Waals surface area contributed by atoms with Crippen molar-refractivity contribution in [1.82, 2.24) is 0 Å². The Labute approximate surface area is 90.6 Å². The van der Waals surface area contributed by atoms with Crippen LogP contribution in [0.2, 0.25) is 0 Å². The Morgan fingerprint density at radius 2 is 2.21 bits per heavy atom. The zero-order chi connectivity index (χ0) is 10.1. The molecule has 0 spiro atoms. The first kappa shape index (κ1) is 9.93. The van der Waals surface area contributed by atoms with Crippen LogP contribution in [0.15, 0.2) is 16.6 Å². The van der Waals surface area contributed by atoms with Gasteiger partial charge in [-0.2, -0.15) is 0 Å². The summed E-state index contributed by atoms with van der Waals surface area (Å²) in [4.78, 5) is 0. The van der Waals surface area contributed by atoms with E-state index < -0.39 is 0 Å². The SMILES string of the molecule is Cc1cc(Br)c(F)cc1NC1COC1. The lowest BCUT2D eigenvalue weighted by molar-refractivity contribution is 0.0211. The number of ether oxygens (including phenoxy) is 1. The molecule has 1 aromatic rings. The van der Waals surface area contributed by atoms with Crippen molar-refractivity contribution < 1.29 is 9.13 Å². The van der Waals surface area contributed by atoms with Crippen LogP contribution in [0.3, 0.4) is 0 Å². The fourth-order valence-electron chi connectivity index (χ4n) is 1.34. The molecule has 0 radical (unpaired) electrons. The van der Waals surface area contributed by atoms with Crippen LogP contribution in [-0.4, -0.2) is 19.3 Å². The standard InChI is InChI=1S/C10H11BrFNO/c1-6-2-8(11)9(12)3-10(6)13-7-4-14-5-7/h2-3,7,13H,4-5H2,1H3. The molecule has 14 heavy (non-hydrogen) atoms. The Balaban J connectivity index is 2.19. The first-order valence-electron chi connectivity index (χ1n) is 4.47. The van der Waals surface area contributed by atoms with Crippen molar-refractivity contribution in [2.24, 2.45) is 0 Å². The molecule has 1 N–H and O–H groups in total. The maximum absolute atomic E-state index is 13.2. The molecule has 1 heterocycles. The fourth-order valence-corrected chi connectivity index (χ4v) is 1.80. The van der Waals surface area contributed by atoms with Crippen LogP contribution in [-0.2, 0) is 4.74 Å². The van der Waals surface area contributed by atoms with E-state index in [2.05, 4.69) is 21.2 Å². The number of aryl methyl sites for hydroxylation is 1. The number of hydrogen-bond donors (Lipinski definition) is 1.